The fourth-order valence-electron chi connectivity index (χ4n) is 1.17. The molecule has 0 spiro atoms. The van der Waals surface area contributed by atoms with Crippen molar-refractivity contribution < 1.29 is 9.59 Å². The lowest BCUT2D eigenvalue weighted by atomic mass is 10.1. The third kappa shape index (κ3) is 3.97. The zero-order valence-electron chi connectivity index (χ0n) is 9.12. The van der Waals surface area contributed by atoms with Gasteiger partial charge >= 0.3 is 0 Å². The van der Waals surface area contributed by atoms with Crippen molar-refractivity contribution in [3.63, 3.8) is 0 Å². The van der Waals surface area contributed by atoms with Crippen LogP contribution >= 0.6 is 0 Å². The molecule has 1 amide bonds. The van der Waals surface area contributed by atoms with Crippen LogP contribution in [0.2, 0.25) is 0 Å². The third-order valence-corrected chi connectivity index (χ3v) is 2.02. The molecule has 0 radical (unpaired) electrons. The van der Waals surface area contributed by atoms with Crippen molar-refractivity contribution in [3.8, 4) is 11.8 Å². The standard InChI is InChI=1S/C13H13NO2/c1-14-13(16)10-12-7-5-11(6-8-12)4-2-3-9-15/h5-9H,3,10H2,1H3,(H,14,16). The van der Waals surface area contributed by atoms with Crippen LogP contribution in [0.15, 0.2) is 24.3 Å². The number of nitrogens with one attached hydrogen (secondary N) is 1. The third-order valence-electron chi connectivity index (χ3n) is 2.02. The number of likely N-dealkylation sites (N-methyl/N-ethyl adjacent to an activating group) is 1. The molecule has 0 aliphatic heterocycles. The molecule has 1 N–H and O–H groups in total. The first kappa shape index (κ1) is 12.0. The molecule has 3 heteroatoms. The van der Waals surface area contributed by atoms with Gasteiger partial charge in [-0.2, -0.15) is 0 Å². The highest BCUT2D eigenvalue weighted by Gasteiger charge is 1.99. The average Bonchev–Trinajstić information content (AvgIpc) is 2.31. The van der Waals surface area contributed by atoms with E-state index in [0.717, 1.165) is 17.4 Å². The van der Waals surface area contributed by atoms with Crippen LogP contribution in [-0.2, 0) is 16.0 Å². The van der Waals surface area contributed by atoms with Gasteiger partial charge in [0, 0.05) is 12.6 Å². The largest absolute Gasteiger partial charge is 0.359 e. The van der Waals surface area contributed by atoms with E-state index in [1.54, 1.807) is 7.05 Å². The van der Waals surface area contributed by atoms with Gasteiger partial charge in [0.15, 0.2) is 0 Å². The highest BCUT2D eigenvalue weighted by molar-refractivity contribution is 5.78. The Labute approximate surface area is 94.9 Å². The van der Waals surface area contributed by atoms with Gasteiger partial charge in [0.25, 0.3) is 0 Å². The summed E-state index contributed by atoms with van der Waals surface area (Å²) in [6.07, 6.45) is 1.39. The Kier molecular flexibility index (Phi) is 4.81. The Morgan fingerprint density at radius 2 is 2.06 bits per heavy atom. The number of aldehydes is 1. The summed E-state index contributed by atoms with van der Waals surface area (Å²) < 4.78 is 0. The molecule has 82 valence electrons. The Balaban J connectivity index is 2.65. The Bertz CT molecular complexity index is 423. The van der Waals surface area contributed by atoms with Gasteiger partial charge in [0.2, 0.25) is 5.91 Å². The smallest absolute Gasteiger partial charge is 0.224 e. The summed E-state index contributed by atoms with van der Waals surface area (Å²) in [6, 6.07) is 7.41. The minimum atomic E-state index is -0.0141. The summed E-state index contributed by atoms with van der Waals surface area (Å²) in [7, 11) is 1.61. The molecule has 16 heavy (non-hydrogen) atoms. The minimum Gasteiger partial charge on any atom is -0.359 e. The predicted molar refractivity (Wildman–Crippen MR) is 61.8 cm³/mol. The van der Waals surface area contributed by atoms with Gasteiger partial charge in [0.05, 0.1) is 12.8 Å². The normalized spacial score (nSPS) is 8.81. The molecule has 0 bridgehead atoms. The quantitative estimate of drug-likeness (QED) is 0.602. The predicted octanol–water partition coefficient (Wildman–Crippen LogP) is 0.916. The molecule has 0 fully saturated rings. The summed E-state index contributed by atoms with van der Waals surface area (Å²) in [4.78, 5) is 21.2. The number of carbonyl (C=O) groups excluding carboxylic acids is 2. The zero-order valence-corrected chi connectivity index (χ0v) is 9.12. The number of hydrogen-bond acceptors (Lipinski definition) is 2. The summed E-state index contributed by atoms with van der Waals surface area (Å²) in [5.74, 6) is 5.57. The van der Waals surface area contributed by atoms with E-state index in [1.165, 1.54) is 0 Å². The second-order valence-corrected chi connectivity index (χ2v) is 3.22. The van der Waals surface area contributed by atoms with Crippen molar-refractivity contribution >= 4 is 12.2 Å². The molecule has 0 saturated carbocycles. The van der Waals surface area contributed by atoms with Crippen molar-refractivity contribution in [1.82, 2.24) is 5.32 Å². The maximum absolute atomic E-state index is 11.1. The number of carbonyl (C=O) groups is 2. The van der Waals surface area contributed by atoms with E-state index in [9.17, 15) is 9.59 Å². The van der Waals surface area contributed by atoms with Crippen molar-refractivity contribution in [3.05, 3.63) is 35.4 Å². The van der Waals surface area contributed by atoms with Crippen LogP contribution in [0.4, 0.5) is 0 Å². The van der Waals surface area contributed by atoms with E-state index in [0.29, 0.717) is 6.42 Å². The summed E-state index contributed by atoms with van der Waals surface area (Å²) in [5.41, 5.74) is 1.79. The van der Waals surface area contributed by atoms with Crippen molar-refractivity contribution in [2.75, 3.05) is 7.05 Å². The fourth-order valence-corrected chi connectivity index (χ4v) is 1.17. The van der Waals surface area contributed by atoms with Crippen LogP contribution in [-0.4, -0.2) is 19.2 Å². The molecule has 3 nitrogen and oxygen atoms in total. The molecule has 0 aliphatic carbocycles. The van der Waals surface area contributed by atoms with Crippen LogP contribution in [0.1, 0.15) is 17.5 Å². The van der Waals surface area contributed by atoms with Gasteiger partial charge in [-0.15, -0.1) is 0 Å². The van der Waals surface area contributed by atoms with E-state index in [-0.39, 0.29) is 12.3 Å². The molecule has 0 aromatic heterocycles. The topological polar surface area (TPSA) is 46.2 Å². The lowest BCUT2D eigenvalue weighted by Crippen LogP contribution is -2.19. The first-order valence-corrected chi connectivity index (χ1v) is 4.98. The van der Waals surface area contributed by atoms with Gasteiger partial charge in [-0.25, -0.2) is 0 Å². The molecule has 1 aromatic rings. The van der Waals surface area contributed by atoms with Crippen LogP contribution in [0.5, 0.6) is 0 Å². The number of rotatable bonds is 3. The second kappa shape index (κ2) is 6.41. The number of benzene rings is 1. The Hall–Kier alpha value is -2.08. The van der Waals surface area contributed by atoms with Gasteiger partial charge in [0.1, 0.15) is 6.29 Å². The molecular formula is C13H13NO2. The van der Waals surface area contributed by atoms with Crippen LogP contribution < -0.4 is 5.32 Å². The molecule has 1 rings (SSSR count). The summed E-state index contributed by atoms with van der Waals surface area (Å²) in [6.45, 7) is 0. The van der Waals surface area contributed by atoms with E-state index in [1.807, 2.05) is 24.3 Å². The lowest BCUT2D eigenvalue weighted by Gasteiger charge is -1.99. The molecule has 0 aliphatic rings. The molecule has 0 atom stereocenters. The minimum absolute atomic E-state index is 0.0141. The summed E-state index contributed by atoms with van der Waals surface area (Å²) >= 11 is 0. The van der Waals surface area contributed by atoms with Gasteiger partial charge < -0.3 is 10.1 Å². The monoisotopic (exact) mass is 215 g/mol. The highest BCUT2D eigenvalue weighted by atomic mass is 16.1. The molecule has 0 unspecified atom stereocenters. The number of amides is 1. The van der Waals surface area contributed by atoms with E-state index < -0.39 is 0 Å². The van der Waals surface area contributed by atoms with E-state index in [4.69, 9.17) is 0 Å². The molecule has 0 saturated heterocycles. The lowest BCUT2D eigenvalue weighted by molar-refractivity contribution is -0.120. The second-order valence-electron chi connectivity index (χ2n) is 3.22. The maximum Gasteiger partial charge on any atom is 0.224 e. The first-order chi connectivity index (χ1) is 7.76. The number of hydrogen-bond donors (Lipinski definition) is 1. The van der Waals surface area contributed by atoms with E-state index in [2.05, 4.69) is 17.2 Å². The summed E-state index contributed by atoms with van der Waals surface area (Å²) in [5, 5.41) is 2.56. The van der Waals surface area contributed by atoms with Crippen molar-refractivity contribution in [1.29, 1.82) is 0 Å². The van der Waals surface area contributed by atoms with Crippen LogP contribution in [0, 0.1) is 11.8 Å². The Morgan fingerprint density at radius 3 is 2.62 bits per heavy atom. The van der Waals surface area contributed by atoms with Crippen molar-refractivity contribution in [2.24, 2.45) is 0 Å². The van der Waals surface area contributed by atoms with E-state index >= 15 is 0 Å². The van der Waals surface area contributed by atoms with Crippen LogP contribution in [0.3, 0.4) is 0 Å². The fraction of sp³-hybridized carbons (Fsp3) is 0.231. The highest BCUT2D eigenvalue weighted by Crippen LogP contribution is 2.04. The Morgan fingerprint density at radius 1 is 1.38 bits per heavy atom. The molecule has 0 heterocycles. The maximum atomic E-state index is 11.1. The van der Waals surface area contributed by atoms with Crippen molar-refractivity contribution in [2.45, 2.75) is 12.8 Å². The van der Waals surface area contributed by atoms with Crippen LogP contribution in [0.25, 0.3) is 0 Å². The van der Waals surface area contributed by atoms with Gasteiger partial charge in [-0.05, 0) is 17.7 Å². The van der Waals surface area contributed by atoms with Gasteiger partial charge in [-0.1, -0.05) is 24.0 Å². The molecular weight excluding hydrogens is 202 g/mol. The molecule has 1 aromatic carbocycles. The average molecular weight is 215 g/mol. The SMILES string of the molecule is CNC(=O)Cc1ccc(C#CCC=O)cc1. The van der Waals surface area contributed by atoms with Gasteiger partial charge in [-0.3, -0.25) is 4.79 Å². The zero-order chi connectivity index (χ0) is 11.8. The first-order valence-electron chi connectivity index (χ1n) is 4.98.